The van der Waals surface area contributed by atoms with Crippen LogP contribution in [0.4, 0.5) is 4.39 Å². The summed E-state index contributed by atoms with van der Waals surface area (Å²) in [5.41, 5.74) is 2.96. The standard InChI is InChI=1S/C12H12FN3.ClH/c1-7-11(12-14-4-5-15-12)9-6-8(13)2-3-10(9)16-7;/h2-3,6,16H,4-5H2,1H3,(H,14,15);1H. The summed E-state index contributed by atoms with van der Waals surface area (Å²) in [5.74, 6) is 0.653. The van der Waals surface area contributed by atoms with Crippen LogP contribution in [-0.2, 0) is 0 Å². The third kappa shape index (κ3) is 1.89. The van der Waals surface area contributed by atoms with Crippen LogP contribution < -0.4 is 5.32 Å². The van der Waals surface area contributed by atoms with Crippen LogP contribution in [0.5, 0.6) is 0 Å². The van der Waals surface area contributed by atoms with Crippen molar-refractivity contribution >= 4 is 29.1 Å². The molecular weight excluding hydrogens is 241 g/mol. The first-order chi connectivity index (χ1) is 7.75. The van der Waals surface area contributed by atoms with Crippen molar-refractivity contribution in [2.24, 2.45) is 4.99 Å². The number of H-pyrrole nitrogens is 1. The van der Waals surface area contributed by atoms with Crippen molar-refractivity contribution in [1.29, 1.82) is 0 Å². The van der Waals surface area contributed by atoms with Crippen molar-refractivity contribution in [3.8, 4) is 0 Å². The number of hydrogen-bond donors (Lipinski definition) is 2. The minimum absolute atomic E-state index is 0. The summed E-state index contributed by atoms with van der Waals surface area (Å²) in [6.07, 6.45) is 0. The molecule has 1 aromatic heterocycles. The fourth-order valence-corrected chi connectivity index (χ4v) is 2.17. The third-order valence-electron chi connectivity index (χ3n) is 2.86. The first-order valence-electron chi connectivity index (χ1n) is 5.32. The number of nitrogens with one attached hydrogen (secondary N) is 2. The van der Waals surface area contributed by atoms with Gasteiger partial charge in [-0.05, 0) is 25.1 Å². The molecule has 0 aliphatic carbocycles. The van der Waals surface area contributed by atoms with Crippen molar-refractivity contribution in [2.75, 3.05) is 13.1 Å². The second-order valence-corrected chi connectivity index (χ2v) is 3.97. The number of aliphatic imine (C=N–C) groups is 1. The largest absolute Gasteiger partial charge is 0.368 e. The Hall–Kier alpha value is -1.55. The van der Waals surface area contributed by atoms with E-state index >= 15 is 0 Å². The summed E-state index contributed by atoms with van der Waals surface area (Å²) in [5, 5.41) is 4.11. The molecule has 1 aliphatic heterocycles. The number of rotatable bonds is 1. The SMILES string of the molecule is Cc1[nH]c2ccc(F)cc2c1C1=NCCN1.Cl. The number of benzene rings is 1. The average molecular weight is 254 g/mol. The van der Waals surface area contributed by atoms with Gasteiger partial charge in [-0.2, -0.15) is 0 Å². The fraction of sp³-hybridized carbons (Fsp3) is 0.250. The Morgan fingerprint density at radius 3 is 2.88 bits per heavy atom. The van der Waals surface area contributed by atoms with Crippen LogP contribution in [-0.4, -0.2) is 23.9 Å². The molecule has 0 fully saturated rings. The number of halogens is 2. The van der Waals surface area contributed by atoms with E-state index in [4.69, 9.17) is 0 Å². The molecule has 0 unspecified atom stereocenters. The van der Waals surface area contributed by atoms with Crippen LogP contribution in [0.1, 0.15) is 11.3 Å². The Morgan fingerprint density at radius 1 is 1.35 bits per heavy atom. The van der Waals surface area contributed by atoms with Gasteiger partial charge in [-0.25, -0.2) is 4.39 Å². The van der Waals surface area contributed by atoms with E-state index in [0.29, 0.717) is 0 Å². The molecule has 1 aliphatic rings. The van der Waals surface area contributed by atoms with Crippen LogP contribution in [0.2, 0.25) is 0 Å². The van der Waals surface area contributed by atoms with Gasteiger partial charge in [-0.3, -0.25) is 4.99 Å². The number of nitrogens with zero attached hydrogens (tertiary/aromatic N) is 1. The first-order valence-corrected chi connectivity index (χ1v) is 5.32. The van der Waals surface area contributed by atoms with E-state index in [1.807, 2.05) is 6.92 Å². The average Bonchev–Trinajstić information content (AvgIpc) is 2.83. The van der Waals surface area contributed by atoms with E-state index in [-0.39, 0.29) is 18.2 Å². The lowest BCUT2D eigenvalue weighted by Gasteiger charge is -2.02. The zero-order chi connectivity index (χ0) is 11.1. The molecule has 2 heterocycles. The number of aryl methyl sites for hydroxylation is 1. The lowest BCUT2D eigenvalue weighted by Crippen LogP contribution is -2.19. The van der Waals surface area contributed by atoms with Crippen molar-refractivity contribution in [1.82, 2.24) is 10.3 Å². The molecule has 17 heavy (non-hydrogen) atoms. The molecule has 1 aromatic carbocycles. The third-order valence-corrected chi connectivity index (χ3v) is 2.86. The maximum absolute atomic E-state index is 13.2. The van der Waals surface area contributed by atoms with Crippen LogP contribution >= 0.6 is 12.4 Å². The van der Waals surface area contributed by atoms with Gasteiger partial charge in [0.2, 0.25) is 0 Å². The molecule has 2 aromatic rings. The van der Waals surface area contributed by atoms with Gasteiger partial charge in [0.1, 0.15) is 11.7 Å². The molecule has 0 saturated carbocycles. The molecule has 0 saturated heterocycles. The maximum Gasteiger partial charge on any atom is 0.130 e. The van der Waals surface area contributed by atoms with Gasteiger partial charge in [0.05, 0.1) is 6.54 Å². The summed E-state index contributed by atoms with van der Waals surface area (Å²) in [6.45, 7) is 3.63. The van der Waals surface area contributed by atoms with Crippen molar-refractivity contribution in [3.05, 3.63) is 35.3 Å². The highest BCUT2D eigenvalue weighted by atomic mass is 35.5. The molecule has 2 N–H and O–H groups in total. The number of aromatic amines is 1. The molecule has 0 atom stereocenters. The highest BCUT2D eigenvalue weighted by Crippen LogP contribution is 2.23. The zero-order valence-electron chi connectivity index (χ0n) is 9.38. The monoisotopic (exact) mass is 253 g/mol. The molecule has 0 spiro atoms. The molecule has 90 valence electrons. The summed E-state index contributed by atoms with van der Waals surface area (Å²) >= 11 is 0. The number of aromatic nitrogens is 1. The van der Waals surface area contributed by atoms with Crippen molar-refractivity contribution < 1.29 is 4.39 Å². The highest BCUT2D eigenvalue weighted by molar-refractivity contribution is 6.11. The molecular formula is C12H13ClFN3. The Balaban J connectivity index is 0.00000108. The van der Waals surface area contributed by atoms with E-state index in [0.717, 1.165) is 41.1 Å². The maximum atomic E-state index is 13.2. The van der Waals surface area contributed by atoms with Gasteiger partial charge in [-0.15, -0.1) is 12.4 Å². The summed E-state index contributed by atoms with van der Waals surface area (Å²) in [6, 6.07) is 4.78. The molecule has 0 bridgehead atoms. The topological polar surface area (TPSA) is 40.2 Å². The molecule has 0 amide bonds. The Labute approximate surface area is 105 Å². The smallest absolute Gasteiger partial charge is 0.130 e. The predicted molar refractivity (Wildman–Crippen MR) is 69.6 cm³/mol. The van der Waals surface area contributed by atoms with E-state index in [1.54, 1.807) is 12.1 Å². The highest BCUT2D eigenvalue weighted by Gasteiger charge is 2.16. The van der Waals surface area contributed by atoms with Crippen molar-refractivity contribution in [2.45, 2.75) is 6.92 Å². The lowest BCUT2D eigenvalue weighted by atomic mass is 10.1. The Morgan fingerprint density at radius 2 is 2.18 bits per heavy atom. The van der Waals surface area contributed by atoms with Gasteiger partial charge in [0, 0.05) is 28.7 Å². The van der Waals surface area contributed by atoms with E-state index in [9.17, 15) is 4.39 Å². The van der Waals surface area contributed by atoms with Gasteiger partial charge in [0.15, 0.2) is 0 Å². The first kappa shape index (κ1) is 11.9. The normalized spacial score (nSPS) is 14.4. The van der Waals surface area contributed by atoms with E-state index in [2.05, 4.69) is 15.3 Å². The van der Waals surface area contributed by atoms with Gasteiger partial charge < -0.3 is 10.3 Å². The van der Waals surface area contributed by atoms with Crippen LogP contribution in [0.25, 0.3) is 10.9 Å². The van der Waals surface area contributed by atoms with E-state index < -0.39 is 0 Å². The van der Waals surface area contributed by atoms with Gasteiger partial charge in [-0.1, -0.05) is 0 Å². The molecule has 5 heteroatoms. The number of hydrogen-bond acceptors (Lipinski definition) is 2. The molecule has 0 radical (unpaired) electrons. The summed E-state index contributed by atoms with van der Waals surface area (Å²) < 4.78 is 13.2. The minimum atomic E-state index is -0.216. The zero-order valence-corrected chi connectivity index (χ0v) is 10.2. The molecule has 3 rings (SSSR count). The number of fused-ring (bicyclic) bond motifs is 1. The van der Waals surface area contributed by atoms with Gasteiger partial charge in [0.25, 0.3) is 0 Å². The Kier molecular flexibility index (Phi) is 3.07. The summed E-state index contributed by atoms with van der Waals surface area (Å²) in [7, 11) is 0. The van der Waals surface area contributed by atoms with E-state index in [1.165, 1.54) is 6.07 Å². The second kappa shape index (κ2) is 4.37. The van der Waals surface area contributed by atoms with Crippen molar-refractivity contribution in [3.63, 3.8) is 0 Å². The lowest BCUT2D eigenvalue weighted by molar-refractivity contribution is 0.629. The number of amidine groups is 1. The fourth-order valence-electron chi connectivity index (χ4n) is 2.17. The van der Waals surface area contributed by atoms with Gasteiger partial charge >= 0.3 is 0 Å². The molecule has 3 nitrogen and oxygen atoms in total. The predicted octanol–water partition coefficient (Wildman–Crippen LogP) is 2.39. The summed E-state index contributed by atoms with van der Waals surface area (Å²) in [4.78, 5) is 7.63. The van der Waals surface area contributed by atoms with Crippen LogP contribution in [0.15, 0.2) is 23.2 Å². The quantitative estimate of drug-likeness (QED) is 0.805. The second-order valence-electron chi connectivity index (χ2n) is 3.97. The van der Waals surface area contributed by atoms with Crippen LogP contribution in [0, 0.1) is 12.7 Å². The minimum Gasteiger partial charge on any atom is -0.368 e. The van der Waals surface area contributed by atoms with Crippen LogP contribution in [0.3, 0.4) is 0 Å². The Bertz CT molecular complexity index is 589.